The summed E-state index contributed by atoms with van der Waals surface area (Å²) >= 11 is 1.40. The fraction of sp³-hybridized carbons (Fsp3) is 0.556. The molecule has 10 nitrogen and oxygen atoms in total. The maximum atomic E-state index is 13.7. The number of nitrogens with zero attached hydrogens (tertiary/aromatic N) is 4. The van der Waals surface area contributed by atoms with Crippen LogP contribution in [-0.4, -0.2) is 95.9 Å². The van der Waals surface area contributed by atoms with E-state index in [1.807, 2.05) is 43.0 Å². The van der Waals surface area contributed by atoms with Crippen LogP contribution in [0.2, 0.25) is 0 Å². The van der Waals surface area contributed by atoms with Crippen LogP contribution in [0.5, 0.6) is 0 Å². The Kier molecular flexibility index (Phi) is 7.32. The maximum Gasteiger partial charge on any atom is 0.319 e. The minimum absolute atomic E-state index is 0.0651. The number of urea groups is 1. The summed E-state index contributed by atoms with van der Waals surface area (Å²) in [4.78, 5) is 56.7. The number of hydrogen-bond acceptors (Lipinski definition) is 6. The van der Waals surface area contributed by atoms with E-state index in [1.54, 1.807) is 17.1 Å². The van der Waals surface area contributed by atoms with Gasteiger partial charge in [-0.05, 0) is 52.1 Å². The smallest absolute Gasteiger partial charge is 0.319 e. The number of carbonyl (C=O) groups is 4. The Morgan fingerprint density at radius 1 is 1.03 bits per heavy atom. The Morgan fingerprint density at radius 2 is 1.68 bits per heavy atom. The molecular weight excluding hydrogens is 504 g/mol. The molecule has 2 aromatic rings. The first kappa shape index (κ1) is 26.4. The third kappa shape index (κ3) is 4.31. The fourth-order valence-corrected chi connectivity index (χ4v) is 7.38. The number of hydrogen-bond donors (Lipinski definition) is 2. The summed E-state index contributed by atoms with van der Waals surface area (Å²) in [6.45, 7) is 7.28. The molecule has 0 unspecified atom stereocenters. The summed E-state index contributed by atoms with van der Waals surface area (Å²) in [5.41, 5.74) is -0.446. The summed E-state index contributed by atoms with van der Waals surface area (Å²) < 4.78 is 0.948. The molecule has 204 valence electrons. The lowest BCUT2D eigenvalue weighted by atomic mass is 9.78. The topological polar surface area (TPSA) is 105 Å². The number of thiophene rings is 1. The normalized spacial score (nSPS) is 20.6. The molecule has 3 aliphatic rings. The van der Waals surface area contributed by atoms with Crippen molar-refractivity contribution in [3.8, 4) is 0 Å². The molecule has 0 aliphatic carbocycles. The highest BCUT2D eigenvalue weighted by atomic mass is 32.1. The molecule has 2 N–H and O–H groups in total. The Bertz CT molecular complexity index is 1230. The number of fused-ring (bicyclic) bond motifs is 1. The minimum Gasteiger partial charge on any atom is -0.341 e. The number of nitrogens with one attached hydrogen (secondary N) is 2. The first-order valence-corrected chi connectivity index (χ1v) is 14.3. The molecule has 3 saturated heterocycles. The van der Waals surface area contributed by atoms with Gasteiger partial charge in [0.25, 0.3) is 17.7 Å². The van der Waals surface area contributed by atoms with Gasteiger partial charge in [-0.1, -0.05) is 18.2 Å². The molecule has 0 bridgehead atoms. The van der Waals surface area contributed by atoms with Crippen LogP contribution in [0.15, 0.2) is 24.3 Å². The van der Waals surface area contributed by atoms with E-state index in [4.69, 9.17) is 0 Å². The highest BCUT2D eigenvalue weighted by Crippen LogP contribution is 2.41. The van der Waals surface area contributed by atoms with E-state index in [0.717, 1.165) is 35.9 Å². The van der Waals surface area contributed by atoms with Crippen LogP contribution in [-0.2, 0) is 9.59 Å². The van der Waals surface area contributed by atoms with Crippen molar-refractivity contribution in [2.75, 3.05) is 51.6 Å². The number of benzene rings is 1. The van der Waals surface area contributed by atoms with Gasteiger partial charge in [0.05, 0.1) is 5.56 Å². The van der Waals surface area contributed by atoms with Crippen molar-refractivity contribution in [3.63, 3.8) is 0 Å². The van der Waals surface area contributed by atoms with Crippen LogP contribution in [0.1, 0.15) is 49.9 Å². The number of carbonyl (C=O) groups excluding carboxylic acids is 4. The van der Waals surface area contributed by atoms with Crippen molar-refractivity contribution >= 4 is 50.2 Å². The van der Waals surface area contributed by atoms with Crippen molar-refractivity contribution in [3.05, 3.63) is 29.8 Å². The molecule has 1 aromatic heterocycles. The molecular formula is C27H36N6O4S. The SMILES string of the molecule is CCN1C(=O)C2(CCCN(C3CCN(C(=O)c4c(NC(=O)NC)sc5ccccc45)CC3)C2)C(=O)N1CC. The lowest BCUT2D eigenvalue weighted by molar-refractivity contribution is -0.145. The molecule has 3 aliphatic heterocycles. The third-order valence-electron chi connectivity index (χ3n) is 8.23. The van der Waals surface area contributed by atoms with Crippen LogP contribution in [0, 0.1) is 5.41 Å². The summed E-state index contributed by atoms with van der Waals surface area (Å²) in [5.74, 6) is -0.213. The lowest BCUT2D eigenvalue weighted by Crippen LogP contribution is -2.56. The second-order valence-corrected chi connectivity index (χ2v) is 11.3. The standard InChI is InChI=1S/C27H36N6O4S/c1-4-32-24(35)27(25(36)33(32)5-2)13-8-14-31(17-27)18-11-15-30(16-12-18)23(34)21-19-9-6-7-10-20(19)38-22(21)29-26(37)28-3/h6-7,9-10,18H,4-5,8,11-17H2,1-3H3,(H2,28,29,37). The molecule has 5 rings (SSSR count). The molecule has 11 heteroatoms. The molecule has 0 saturated carbocycles. The number of likely N-dealkylation sites (tertiary alicyclic amines) is 2. The molecule has 0 radical (unpaired) electrons. The summed E-state index contributed by atoms with van der Waals surface area (Å²) in [6.07, 6.45) is 2.96. The zero-order valence-corrected chi connectivity index (χ0v) is 23.1. The first-order chi connectivity index (χ1) is 18.3. The van der Waals surface area contributed by atoms with Gasteiger partial charge >= 0.3 is 6.03 Å². The number of hydrazine groups is 1. The van der Waals surface area contributed by atoms with E-state index in [1.165, 1.54) is 11.3 Å². The van der Waals surface area contributed by atoms with Crippen molar-refractivity contribution in [2.24, 2.45) is 5.41 Å². The van der Waals surface area contributed by atoms with E-state index < -0.39 is 5.41 Å². The quantitative estimate of drug-likeness (QED) is 0.568. The number of amides is 5. The maximum absolute atomic E-state index is 13.7. The molecule has 0 atom stereocenters. The average Bonchev–Trinajstić information content (AvgIpc) is 3.40. The Morgan fingerprint density at radius 3 is 2.32 bits per heavy atom. The predicted molar refractivity (Wildman–Crippen MR) is 147 cm³/mol. The van der Waals surface area contributed by atoms with E-state index in [0.29, 0.717) is 49.7 Å². The van der Waals surface area contributed by atoms with Crippen LogP contribution < -0.4 is 10.6 Å². The molecule has 5 amide bonds. The van der Waals surface area contributed by atoms with Crippen LogP contribution in [0.25, 0.3) is 10.1 Å². The van der Waals surface area contributed by atoms with Gasteiger partial charge in [-0.2, -0.15) is 0 Å². The highest BCUT2D eigenvalue weighted by Gasteiger charge is 2.59. The highest BCUT2D eigenvalue weighted by molar-refractivity contribution is 7.23. The van der Waals surface area contributed by atoms with Crippen molar-refractivity contribution in [1.82, 2.24) is 25.1 Å². The Hall–Kier alpha value is -3.18. The van der Waals surface area contributed by atoms with Crippen molar-refractivity contribution in [2.45, 2.75) is 45.6 Å². The minimum atomic E-state index is -0.979. The van der Waals surface area contributed by atoms with Crippen LogP contribution in [0.4, 0.5) is 9.80 Å². The molecule has 38 heavy (non-hydrogen) atoms. The fourth-order valence-electron chi connectivity index (χ4n) is 6.29. The number of rotatable bonds is 5. The molecule has 4 heterocycles. The average molecular weight is 541 g/mol. The van der Waals surface area contributed by atoms with Gasteiger partial charge in [0.15, 0.2) is 0 Å². The van der Waals surface area contributed by atoms with Gasteiger partial charge < -0.3 is 10.2 Å². The monoisotopic (exact) mass is 540 g/mol. The van der Waals surface area contributed by atoms with Crippen molar-refractivity contribution < 1.29 is 19.2 Å². The van der Waals surface area contributed by atoms with E-state index in [2.05, 4.69) is 15.5 Å². The first-order valence-electron chi connectivity index (χ1n) is 13.5. The van der Waals surface area contributed by atoms with Gasteiger partial charge in [0, 0.05) is 55.9 Å². The summed E-state index contributed by atoms with van der Waals surface area (Å²) in [6, 6.07) is 7.55. The molecule has 3 fully saturated rings. The van der Waals surface area contributed by atoms with E-state index in [-0.39, 0.29) is 29.8 Å². The second kappa shape index (κ2) is 10.5. The Labute approximate surface area is 226 Å². The van der Waals surface area contributed by atoms with Gasteiger partial charge in [-0.15, -0.1) is 11.3 Å². The number of piperidine rings is 2. The summed E-state index contributed by atoms with van der Waals surface area (Å²) in [7, 11) is 1.55. The van der Waals surface area contributed by atoms with Gasteiger partial charge in [-0.3, -0.25) is 34.6 Å². The van der Waals surface area contributed by atoms with Crippen LogP contribution >= 0.6 is 11.3 Å². The van der Waals surface area contributed by atoms with Gasteiger partial charge in [0.2, 0.25) is 0 Å². The molecule has 1 aromatic carbocycles. The lowest BCUT2D eigenvalue weighted by Gasteiger charge is -2.44. The predicted octanol–water partition coefficient (Wildman–Crippen LogP) is 2.97. The van der Waals surface area contributed by atoms with Crippen LogP contribution in [0.3, 0.4) is 0 Å². The largest absolute Gasteiger partial charge is 0.341 e. The number of anilines is 1. The third-order valence-corrected chi connectivity index (χ3v) is 9.32. The second-order valence-electron chi connectivity index (χ2n) is 10.2. The van der Waals surface area contributed by atoms with E-state index in [9.17, 15) is 19.2 Å². The summed E-state index contributed by atoms with van der Waals surface area (Å²) in [5, 5.41) is 10.0. The zero-order valence-electron chi connectivity index (χ0n) is 22.3. The van der Waals surface area contributed by atoms with E-state index >= 15 is 0 Å². The van der Waals surface area contributed by atoms with Crippen molar-refractivity contribution in [1.29, 1.82) is 0 Å². The Balaban J connectivity index is 1.30. The zero-order chi connectivity index (χ0) is 27.0. The molecule has 1 spiro atoms. The van der Waals surface area contributed by atoms with Gasteiger partial charge in [0.1, 0.15) is 10.4 Å². The van der Waals surface area contributed by atoms with Gasteiger partial charge in [-0.25, -0.2) is 4.79 Å².